The van der Waals surface area contributed by atoms with E-state index >= 15 is 0 Å². The molecule has 0 amide bonds. The molecular formula is C16H19N3O4. The monoisotopic (exact) mass is 317 g/mol. The molecule has 0 spiro atoms. The first-order valence-corrected chi connectivity index (χ1v) is 7.20. The van der Waals surface area contributed by atoms with Crippen LogP contribution in [0.4, 0.5) is 0 Å². The Kier molecular flexibility index (Phi) is 7.86. The summed E-state index contributed by atoms with van der Waals surface area (Å²) in [6.07, 6.45) is 3.22. The summed E-state index contributed by atoms with van der Waals surface area (Å²) in [5.41, 5.74) is 1.02. The van der Waals surface area contributed by atoms with Gasteiger partial charge in [0, 0.05) is 24.5 Å². The van der Waals surface area contributed by atoms with Crippen molar-refractivity contribution in [1.82, 2.24) is 10.3 Å². The van der Waals surface area contributed by atoms with Crippen LogP contribution in [0.2, 0.25) is 0 Å². The van der Waals surface area contributed by atoms with Crippen LogP contribution in [0.3, 0.4) is 0 Å². The average molecular weight is 317 g/mol. The fourth-order valence-corrected chi connectivity index (χ4v) is 1.69. The highest BCUT2D eigenvalue weighted by Crippen LogP contribution is 2.04. The molecule has 7 nitrogen and oxygen atoms in total. The number of nitriles is 1. The Bertz CT molecular complexity index is 575. The Balaban J connectivity index is 2.82. The Hall–Kier alpha value is -2.88. The summed E-state index contributed by atoms with van der Waals surface area (Å²) in [7, 11) is 0. The van der Waals surface area contributed by atoms with Crippen molar-refractivity contribution >= 4 is 11.9 Å². The fourth-order valence-electron chi connectivity index (χ4n) is 1.69. The number of ether oxygens (including phenoxy) is 2. The van der Waals surface area contributed by atoms with E-state index in [0.717, 1.165) is 0 Å². The first-order chi connectivity index (χ1) is 11.1. The van der Waals surface area contributed by atoms with E-state index in [4.69, 9.17) is 14.7 Å². The Labute approximate surface area is 134 Å². The molecule has 1 N–H and O–H groups in total. The lowest BCUT2D eigenvalue weighted by molar-refractivity contribution is -0.157. The van der Waals surface area contributed by atoms with Gasteiger partial charge in [-0.3, -0.25) is 4.98 Å². The van der Waals surface area contributed by atoms with Crippen LogP contribution in [-0.2, 0) is 25.5 Å². The van der Waals surface area contributed by atoms with Gasteiger partial charge in [0.15, 0.2) is 0 Å². The first kappa shape index (κ1) is 18.2. The van der Waals surface area contributed by atoms with Gasteiger partial charge in [-0.25, -0.2) is 9.59 Å². The average Bonchev–Trinajstić information content (AvgIpc) is 2.55. The smallest absolute Gasteiger partial charge is 0.340 e. The molecule has 122 valence electrons. The van der Waals surface area contributed by atoms with E-state index in [9.17, 15) is 9.59 Å². The molecule has 0 aliphatic rings. The highest BCUT2D eigenvalue weighted by molar-refractivity contribution is 5.99. The van der Waals surface area contributed by atoms with E-state index in [1.165, 1.54) is 6.20 Å². The quantitative estimate of drug-likeness (QED) is 0.435. The normalized spacial score (nSPS) is 10.8. The van der Waals surface area contributed by atoms with Crippen LogP contribution in [0.15, 0.2) is 36.2 Å². The molecule has 0 atom stereocenters. The molecule has 1 aromatic rings. The lowest BCUT2D eigenvalue weighted by atomic mass is 10.1. The summed E-state index contributed by atoms with van der Waals surface area (Å²) < 4.78 is 9.66. The molecular weight excluding hydrogens is 298 g/mol. The maximum Gasteiger partial charge on any atom is 0.340 e. The van der Waals surface area contributed by atoms with Crippen LogP contribution in [0, 0.1) is 11.3 Å². The van der Waals surface area contributed by atoms with E-state index in [2.05, 4.69) is 10.3 Å². The van der Waals surface area contributed by atoms with E-state index in [-0.39, 0.29) is 19.6 Å². The minimum Gasteiger partial charge on any atom is -0.464 e. The minimum absolute atomic E-state index is 0.138. The second kappa shape index (κ2) is 9.95. The van der Waals surface area contributed by atoms with Crippen molar-refractivity contribution in [2.75, 3.05) is 13.2 Å². The lowest BCUT2D eigenvalue weighted by Crippen LogP contribution is -2.43. The first-order valence-electron chi connectivity index (χ1n) is 7.20. The van der Waals surface area contributed by atoms with Crippen molar-refractivity contribution in [1.29, 1.82) is 5.26 Å². The molecule has 1 heterocycles. The lowest BCUT2D eigenvalue weighted by Gasteiger charge is -2.14. The van der Waals surface area contributed by atoms with Gasteiger partial charge >= 0.3 is 11.9 Å². The maximum absolute atomic E-state index is 11.8. The van der Waals surface area contributed by atoms with Gasteiger partial charge in [0.25, 0.3) is 0 Å². The van der Waals surface area contributed by atoms with E-state index in [1.54, 1.807) is 32.2 Å². The molecule has 0 aromatic carbocycles. The van der Waals surface area contributed by atoms with Gasteiger partial charge in [-0.2, -0.15) is 5.26 Å². The van der Waals surface area contributed by atoms with Crippen molar-refractivity contribution in [3.05, 3.63) is 41.9 Å². The van der Waals surface area contributed by atoms with Gasteiger partial charge in [-0.15, -0.1) is 0 Å². The maximum atomic E-state index is 11.8. The SMILES string of the molecule is CCOC(=O)C(NC=C(C#N)Cc1ccccn1)C(=O)OCC. The Morgan fingerprint density at radius 2 is 1.96 bits per heavy atom. The molecule has 0 radical (unpaired) electrons. The highest BCUT2D eigenvalue weighted by Gasteiger charge is 2.28. The van der Waals surface area contributed by atoms with Crippen molar-refractivity contribution < 1.29 is 19.1 Å². The highest BCUT2D eigenvalue weighted by atomic mass is 16.6. The van der Waals surface area contributed by atoms with Crippen LogP contribution < -0.4 is 5.32 Å². The topological polar surface area (TPSA) is 101 Å². The number of rotatable bonds is 8. The summed E-state index contributed by atoms with van der Waals surface area (Å²) in [4.78, 5) is 27.7. The van der Waals surface area contributed by atoms with Gasteiger partial charge in [0.1, 0.15) is 0 Å². The van der Waals surface area contributed by atoms with Crippen LogP contribution in [0.1, 0.15) is 19.5 Å². The molecule has 0 saturated carbocycles. The number of aromatic nitrogens is 1. The zero-order valence-corrected chi connectivity index (χ0v) is 13.1. The van der Waals surface area contributed by atoms with Crippen molar-refractivity contribution in [2.45, 2.75) is 26.3 Å². The van der Waals surface area contributed by atoms with Gasteiger partial charge in [-0.1, -0.05) is 6.07 Å². The van der Waals surface area contributed by atoms with Crippen LogP contribution in [-0.4, -0.2) is 36.2 Å². The number of carbonyl (C=O) groups excluding carboxylic acids is 2. The van der Waals surface area contributed by atoms with Crippen LogP contribution in [0.25, 0.3) is 0 Å². The Morgan fingerprint density at radius 3 is 2.43 bits per heavy atom. The molecule has 0 unspecified atom stereocenters. The number of carbonyl (C=O) groups is 2. The summed E-state index contributed by atoms with van der Waals surface area (Å²) in [6.45, 7) is 3.55. The second-order valence-electron chi connectivity index (χ2n) is 4.38. The zero-order valence-electron chi connectivity index (χ0n) is 13.1. The van der Waals surface area contributed by atoms with Gasteiger partial charge < -0.3 is 14.8 Å². The summed E-state index contributed by atoms with van der Waals surface area (Å²) in [6, 6.07) is 6.06. The minimum atomic E-state index is -1.30. The van der Waals surface area contributed by atoms with Gasteiger partial charge in [0.05, 0.1) is 24.9 Å². The molecule has 1 aromatic heterocycles. The Morgan fingerprint density at radius 1 is 1.30 bits per heavy atom. The third-order valence-electron chi connectivity index (χ3n) is 2.71. The van der Waals surface area contributed by atoms with Gasteiger partial charge in [-0.05, 0) is 26.0 Å². The van der Waals surface area contributed by atoms with Crippen molar-refractivity contribution in [3.8, 4) is 6.07 Å². The molecule has 7 heteroatoms. The van der Waals surface area contributed by atoms with Crippen LogP contribution in [0.5, 0.6) is 0 Å². The number of pyridine rings is 1. The number of nitrogens with zero attached hydrogens (tertiary/aromatic N) is 2. The number of allylic oxidation sites excluding steroid dienone is 1. The zero-order chi connectivity index (χ0) is 17.1. The molecule has 0 saturated heterocycles. The molecule has 0 aliphatic carbocycles. The number of hydrogen-bond acceptors (Lipinski definition) is 7. The van der Waals surface area contributed by atoms with E-state index in [1.807, 2.05) is 12.1 Å². The largest absolute Gasteiger partial charge is 0.464 e. The number of esters is 2. The molecule has 0 fully saturated rings. The third kappa shape index (κ3) is 6.18. The standard InChI is InChI=1S/C16H19N3O4/c1-3-22-15(20)14(16(21)23-4-2)19-11-12(10-17)9-13-7-5-6-8-18-13/h5-8,11,14,19H,3-4,9H2,1-2H3. The molecule has 1 rings (SSSR count). The fraction of sp³-hybridized carbons (Fsp3) is 0.375. The van der Waals surface area contributed by atoms with Crippen LogP contribution >= 0.6 is 0 Å². The summed E-state index contributed by atoms with van der Waals surface area (Å²) >= 11 is 0. The molecule has 0 aliphatic heterocycles. The molecule has 23 heavy (non-hydrogen) atoms. The van der Waals surface area contributed by atoms with Crippen molar-refractivity contribution in [3.63, 3.8) is 0 Å². The summed E-state index contributed by atoms with van der Waals surface area (Å²) in [5.74, 6) is -1.50. The molecule has 0 bridgehead atoms. The summed E-state index contributed by atoms with van der Waals surface area (Å²) in [5, 5.41) is 11.8. The number of hydrogen-bond donors (Lipinski definition) is 1. The van der Waals surface area contributed by atoms with Crippen molar-refractivity contribution in [2.24, 2.45) is 0 Å². The second-order valence-corrected chi connectivity index (χ2v) is 4.38. The van der Waals surface area contributed by atoms with E-state index in [0.29, 0.717) is 11.3 Å². The predicted molar refractivity (Wildman–Crippen MR) is 81.8 cm³/mol. The van der Waals surface area contributed by atoms with Gasteiger partial charge in [0.2, 0.25) is 6.04 Å². The predicted octanol–water partition coefficient (Wildman–Crippen LogP) is 1.12. The third-order valence-corrected chi connectivity index (χ3v) is 2.71. The van der Waals surface area contributed by atoms with E-state index < -0.39 is 18.0 Å². The number of nitrogens with one attached hydrogen (secondary N) is 1.